The third-order valence-electron chi connectivity index (χ3n) is 3.15. The molecule has 0 amide bonds. The number of aliphatic imine (C=N–C) groups is 1. The van der Waals surface area contributed by atoms with Crippen LogP contribution in [0.2, 0.25) is 0 Å². The molecule has 96 valence electrons. The molecule has 0 atom stereocenters. The van der Waals surface area contributed by atoms with Gasteiger partial charge < -0.3 is 0 Å². The van der Waals surface area contributed by atoms with Crippen LogP contribution in [0, 0.1) is 0 Å². The van der Waals surface area contributed by atoms with Gasteiger partial charge in [-0.3, -0.25) is 0 Å². The van der Waals surface area contributed by atoms with E-state index in [1.54, 1.807) is 6.08 Å². The number of carbonyl (C=O) groups excluding carboxylic acids is 1. The maximum Gasteiger partial charge on any atom is 0.240 e. The van der Waals surface area contributed by atoms with Crippen molar-refractivity contribution in [2.45, 2.75) is 26.2 Å². The zero-order valence-electron chi connectivity index (χ0n) is 11.1. The van der Waals surface area contributed by atoms with Crippen LogP contribution in [0.15, 0.2) is 53.5 Å². The molecule has 2 nitrogen and oxygen atoms in total. The number of isocyanates is 1. The van der Waals surface area contributed by atoms with Crippen molar-refractivity contribution in [3.63, 3.8) is 0 Å². The summed E-state index contributed by atoms with van der Waals surface area (Å²) in [4.78, 5) is 13.7. The normalized spacial score (nSPS) is 9.95. The van der Waals surface area contributed by atoms with E-state index in [0.717, 1.165) is 12.0 Å². The quantitative estimate of drug-likeness (QED) is 0.561. The molecule has 0 bridgehead atoms. The summed E-state index contributed by atoms with van der Waals surface area (Å²) in [6.07, 6.45) is 5.14. The first-order chi connectivity index (χ1) is 9.33. The molecular formula is C17H17NO. The summed E-state index contributed by atoms with van der Waals surface area (Å²) in [5.41, 5.74) is 4.33. The molecule has 2 aromatic carbocycles. The van der Waals surface area contributed by atoms with Crippen LogP contribution in [-0.2, 0) is 11.2 Å². The lowest BCUT2D eigenvalue weighted by Gasteiger charge is -2.04. The molecule has 0 aromatic heterocycles. The number of aryl methyl sites for hydroxylation is 1. The molecule has 0 heterocycles. The fraction of sp³-hybridized carbons (Fsp3) is 0.235. The van der Waals surface area contributed by atoms with Crippen molar-refractivity contribution in [1.82, 2.24) is 0 Å². The number of benzene rings is 2. The average Bonchev–Trinajstić information content (AvgIpc) is 2.47. The first kappa shape index (κ1) is 13.3. The van der Waals surface area contributed by atoms with Crippen molar-refractivity contribution < 1.29 is 4.79 Å². The second-order valence-corrected chi connectivity index (χ2v) is 4.55. The Kier molecular flexibility index (Phi) is 4.66. The van der Waals surface area contributed by atoms with Gasteiger partial charge in [0.05, 0.1) is 5.69 Å². The van der Waals surface area contributed by atoms with Gasteiger partial charge in [0, 0.05) is 0 Å². The van der Waals surface area contributed by atoms with Gasteiger partial charge in [0.2, 0.25) is 6.08 Å². The molecule has 2 rings (SSSR count). The van der Waals surface area contributed by atoms with E-state index in [9.17, 15) is 4.79 Å². The van der Waals surface area contributed by atoms with Crippen LogP contribution >= 0.6 is 0 Å². The van der Waals surface area contributed by atoms with Gasteiger partial charge in [-0.2, -0.15) is 4.99 Å². The Bertz CT molecular complexity index is 563. The topological polar surface area (TPSA) is 29.4 Å². The second kappa shape index (κ2) is 6.67. The zero-order chi connectivity index (χ0) is 13.5. The molecule has 0 N–H and O–H groups in total. The second-order valence-electron chi connectivity index (χ2n) is 4.55. The van der Waals surface area contributed by atoms with Gasteiger partial charge in [-0.25, -0.2) is 4.79 Å². The molecule has 0 aliphatic carbocycles. The molecule has 0 spiro atoms. The van der Waals surface area contributed by atoms with Crippen LogP contribution in [0.3, 0.4) is 0 Å². The lowest BCUT2D eigenvalue weighted by Crippen LogP contribution is -1.84. The summed E-state index contributed by atoms with van der Waals surface area (Å²) in [5, 5.41) is 0. The molecule has 0 saturated carbocycles. The van der Waals surface area contributed by atoms with E-state index in [1.165, 1.54) is 24.0 Å². The van der Waals surface area contributed by atoms with Crippen LogP contribution in [0.5, 0.6) is 0 Å². The predicted molar refractivity (Wildman–Crippen MR) is 78.3 cm³/mol. The maximum atomic E-state index is 10.2. The van der Waals surface area contributed by atoms with Gasteiger partial charge in [0.15, 0.2) is 0 Å². The highest BCUT2D eigenvalue weighted by Crippen LogP contribution is 2.23. The van der Waals surface area contributed by atoms with Gasteiger partial charge >= 0.3 is 0 Å². The third-order valence-corrected chi connectivity index (χ3v) is 3.15. The third kappa shape index (κ3) is 3.64. The molecule has 0 unspecified atom stereocenters. The summed E-state index contributed by atoms with van der Waals surface area (Å²) in [6.45, 7) is 2.21. The Hall–Kier alpha value is -2.18. The SMILES string of the molecule is CCCCc1ccc(-c2ccc(N=C=O)cc2)cc1. The Morgan fingerprint density at radius 2 is 1.53 bits per heavy atom. The summed E-state index contributed by atoms with van der Waals surface area (Å²) in [5.74, 6) is 0. The fourth-order valence-electron chi connectivity index (χ4n) is 2.03. The van der Waals surface area contributed by atoms with Crippen LogP contribution in [0.25, 0.3) is 11.1 Å². The minimum Gasteiger partial charge on any atom is -0.211 e. The highest BCUT2D eigenvalue weighted by atomic mass is 16.1. The largest absolute Gasteiger partial charge is 0.240 e. The molecule has 19 heavy (non-hydrogen) atoms. The Morgan fingerprint density at radius 1 is 0.947 bits per heavy atom. The van der Waals surface area contributed by atoms with Gasteiger partial charge in [-0.05, 0) is 41.7 Å². The molecule has 0 saturated heterocycles. The van der Waals surface area contributed by atoms with E-state index in [-0.39, 0.29) is 0 Å². The molecule has 2 heteroatoms. The van der Waals surface area contributed by atoms with E-state index >= 15 is 0 Å². The van der Waals surface area contributed by atoms with Crippen molar-refractivity contribution in [2.75, 3.05) is 0 Å². The Labute approximate surface area is 113 Å². The lowest BCUT2D eigenvalue weighted by molar-refractivity contribution is 0.565. The first-order valence-corrected chi connectivity index (χ1v) is 6.60. The van der Waals surface area contributed by atoms with Crippen LogP contribution in [-0.4, -0.2) is 6.08 Å². The number of unbranched alkanes of at least 4 members (excludes halogenated alkanes) is 1. The monoisotopic (exact) mass is 251 g/mol. The average molecular weight is 251 g/mol. The van der Waals surface area contributed by atoms with E-state index < -0.39 is 0 Å². The minimum absolute atomic E-state index is 0.637. The molecular weight excluding hydrogens is 234 g/mol. The standard InChI is InChI=1S/C17H17NO/c1-2-3-4-14-5-7-15(8-6-14)16-9-11-17(12-10-16)18-13-19/h5-12H,2-4H2,1H3. The number of hydrogen-bond acceptors (Lipinski definition) is 2. The number of rotatable bonds is 5. The number of hydrogen-bond donors (Lipinski definition) is 0. The van der Waals surface area contributed by atoms with Gasteiger partial charge in [0.25, 0.3) is 0 Å². The van der Waals surface area contributed by atoms with Crippen LogP contribution in [0.4, 0.5) is 5.69 Å². The molecule has 0 aliphatic heterocycles. The Morgan fingerprint density at radius 3 is 2.05 bits per heavy atom. The highest BCUT2D eigenvalue weighted by molar-refractivity contribution is 5.66. The van der Waals surface area contributed by atoms with E-state index in [0.29, 0.717) is 5.69 Å². The molecule has 2 aromatic rings. The summed E-state index contributed by atoms with van der Waals surface area (Å²) in [7, 11) is 0. The lowest BCUT2D eigenvalue weighted by atomic mass is 10.0. The van der Waals surface area contributed by atoms with Crippen molar-refractivity contribution in [3.05, 3.63) is 54.1 Å². The highest BCUT2D eigenvalue weighted by Gasteiger charge is 1.98. The van der Waals surface area contributed by atoms with Crippen LogP contribution in [0.1, 0.15) is 25.3 Å². The van der Waals surface area contributed by atoms with Crippen molar-refractivity contribution in [3.8, 4) is 11.1 Å². The fourth-order valence-corrected chi connectivity index (χ4v) is 2.03. The van der Waals surface area contributed by atoms with Crippen molar-refractivity contribution in [1.29, 1.82) is 0 Å². The van der Waals surface area contributed by atoms with Crippen molar-refractivity contribution in [2.24, 2.45) is 4.99 Å². The van der Waals surface area contributed by atoms with Gasteiger partial charge in [-0.15, -0.1) is 0 Å². The summed E-state index contributed by atoms with van der Waals surface area (Å²) in [6, 6.07) is 16.2. The molecule has 0 radical (unpaired) electrons. The van der Waals surface area contributed by atoms with E-state index in [1.807, 2.05) is 24.3 Å². The zero-order valence-corrected chi connectivity index (χ0v) is 11.1. The smallest absolute Gasteiger partial charge is 0.211 e. The maximum absolute atomic E-state index is 10.2. The Balaban J connectivity index is 2.15. The molecule has 0 aliphatic rings. The van der Waals surface area contributed by atoms with E-state index in [4.69, 9.17) is 0 Å². The van der Waals surface area contributed by atoms with Gasteiger partial charge in [0.1, 0.15) is 0 Å². The van der Waals surface area contributed by atoms with Crippen molar-refractivity contribution >= 4 is 11.8 Å². The van der Waals surface area contributed by atoms with Gasteiger partial charge in [-0.1, -0.05) is 49.7 Å². The molecule has 0 fully saturated rings. The number of nitrogens with zero attached hydrogens (tertiary/aromatic N) is 1. The first-order valence-electron chi connectivity index (χ1n) is 6.60. The predicted octanol–water partition coefficient (Wildman–Crippen LogP) is 4.66. The summed E-state index contributed by atoms with van der Waals surface area (Å²) < 4.78 is 0. The summed E-state index contributed by atoms with van der Waals surface area (Å²) >= 11 is 0. The minimum atomic E-state index is 0.637. The van der Waals surface area contributed by atoms with E-state index in [2.05, 4.69) is 36.2 Å². The van der Waals surface area contributed by atoms with Crippen LogP contribution < -0.4 is 0 Å².